The molecule has 0 unspecified atom stereocenters. The summed E-state index contributed by atoms with van der Waals surface area (Å²) < 4.78 is 1.96. The standard InChI is InChI=1S/C9H9N3S/c1-12-5-11-7-4-6(9(10)13)2-3-8(7)12/h2-5H,1H3,(H2,10,13). The van der Waals surface area contributed by atoms with E-state index in [0.717, 1.165) is 16.6 Å². The second kappa shape index (κ2) is 2.81. The smallest absolute Gasteiger partial charge is 0.104 e. The molecule has 2 N–H and O–H groups in total. The van der Waals surface area contributed by atoms with E-state index in [1.54, 1.807) is 6.33 Å². The molecule has 0 fully saturated rings. The molecule has 2 rings (SSSR count). The molecule has 0 spiro atoms. The molecule has 0 aliphatic carbocycles. The maximum Gasteiger partial charge on any atom is 0.104 e. The van der Waals surface area contributed by atoms with Crippen LogP contribution in [0.1, 0.15) is 5.56 Å². The summed E-state index contributed by atoms with van der Waals surface area (Å²) in [7, 11) is 1.95. The number of aromatic nitrogens is 2. The molecule has 66 valence electrons. The molecule has 0 amide bonds. The molecule has 0 saturated heterocycles. The van der Waals surface area contributed by atoms with Gasteiger partial charge in [-0.15, -0.1) is 0 Å². The van der Waals surface area contributed by atoms with E-state index in [-0.39, 0.29) is 0 Å². The summed E-state index contributed by atoms with van der Waals surface area (Å²) >= 11 is 4.87. The molecular weight excluding hydrogens is 182 g/mol. The van der Waals surface area contributed by atoms with E-state index in [1.807, 2.05) is 29.8 Å². The van der Waals surface area contributed by atoms with Crippen molar-refractivity contribution < 1.29 is 0 Å². The molecule has 4 heteroatoms. The quantitative estimate of drug-likeness (QED) is 0.689. The first-order chi connectivity index (χ1) is 6.18. The van der Waals surface area contributed by atoms with E-state index in [1.165, 1.54) is 0 Å². The number of thiocarbonyl (C=S) groups is 1. The summed E-state index contributed by atoms with van der Waals surface area (Å²) in [5.41, 5.74) is 8.38. The minimum absolute atomic E-state index is 0.410. The average molecular weight is 191 g/mol. The molecule has 0 aliphatic heterocycles. The Balaban J connectivity index is 2.70. The highest BCUT2D eigenvalue weighted by atomic mass is 32.1. The summed E-state index contributed by atoms with van der Waals surface area (Å²) in [6, 6.07) is 5.78. The van der Waals surface area contributed by atoms with Crippen LogP contribution in [0.25, 0.3) is 11.0 Å². The van der Waals surface area contributed by atoms with Crippen LogP contribution in [0.3, 0.4) is 0 Å². The van der Waals surface area contributed by atoms with Crippen molar-refractivity contribution in [3.05, 3.63) is 30.1 Å². The monoisotopic (exact) mass is 191 g/mol. The predicted molar refractivity (Wildman–Crippen MR) is 56.6 cm³/mol. The molecule has 1 heterocycles. The summed E-state index contributed by atoms with van der Waals surface area (Å²) in [6.45, 7) is 0. The first-order valence-corrected chi connectivity index (χ1v) is 4.30. The molecule has 13 heavy (non-hydrogen) atoms. The summed E-state index contributed by atoms with van der Waals surface area (Å²) in [4.78, 5) is 4.62. The van der Waals surface area contributed by atoms with Gasteiger partial charge in [-0.1, -0.05) is 12.2 Å². The third kappa shape index (κ3) is 1.29. The summed E-state index contributed by atoms with van der Waals surface area (Å²) in [5, 5.41) is 0. The van der Waals surface area contributed by atoms with Gasteiger partial charge in [0.05, 0.1) is 17.4 Å². The van der Waals surface area contributed by atoms with Crippen LogP contribution >= 0.6 is 12.2 Å². The zero-order chi connectivity index (χ0) is 9.42. The van der Waals surface area contributed by atoms with Crippen molar-refractivity contribution >= 4 is 28.2 Å². The Morgan fingerprint density at radius 3 is 3.00 bits per heavy atom. The van der Waals surface area contributed by atoms with Crippen molar-refractivity contribution in [2.24, 2.45) is 12.8 Å². The lowest BCUT2D eigenvalue weighted by molar-refractivity contribution is 0.947. The maximum absolute atomic E-state index is 5.51. The van der Waals surface area contributed by atoms with Gasteiger partial charge in [-0.25, -0.2) is 4.98 Å². The number of imidazole rings is 1. The van der Waals surface area contributed by atoms with Crippen molar-refractivity contribution in [3.8, 4) is 0 Å². The van der Waals surface area contributed by atoms with Gasteiger partial charge >= 0.3 is 0 Å². The molecule has 3 nitrogen and oxygen atoms in total. The van der Waals surface area contributed by atoms with E-state index in [4.69, 9.17) is 18.0 Å². The number of benzene rings is 1. The SMILES string of the molecule is Cn1cnc2cc(C(N)=S)ccc21. The lowest BCUT2D eigenvalue weighted by atomic mass is 10.2. The second-order valence-corrected chi connectivity index (χ2v) is 3.36. The van der Waals surface area contributed by atoms with Crippen LogP contribution in [0.4, 0.5) is 0 Å². The van der Waals surface area contributed by atoms with Gasteiger partial charge in [-0.2, -0.15) is 0 Å². The average Bonchev–Trinajstić information content (AvgIpc) is 2.47. The molecule has 0 radical (unpaired) electrons. The summed E-state index contributed by atoms with van der Waals surface area (Å²) in [6.07, 6.45) is 1.77. The Hall–Kier alpha value is -1.42. The van der Waals surface area contributed by atoms with Crippen LogP contribution in [0.2, 0.25) is 0 Å². The fourth-order valence-corrected chi connectivity index (χ4v) is 1.42. The fraction of sp³-hybridized carbons (Fsp3) is 0.111. The number of hydrogen-bond donors (Lipinski definition) is 1. The van der Waals surface area contributed by atoms with E-state index in [9.17, 15) is 0 Å². The number of nitrogens with zero attached hydrogens (tertiary/aromatic N) is 2. The third-order valence-corrected chi connectivity index (χ3v) is 2.25. The second-order valence-electron chi connectivity index (χ2n) is 2.92. The van der Waals surface area contributed by atoms with Gasteiger partial charge in [0.25, 0.3) is 0 Å². The van der Waals surface area contributed by atoms with Crippen molar-refractivity contribution in [1.82, 2.24) is 9.55 Å². The molecule has 0 saturated carbocycles. The van der Waals surface area contributed by atoms with Gasteiger partial charge in [0, 0.05) is 12.6 Å². The Morgan fingerprint density at radius 1 is 1.54 bits per heavy atom. The number of nitrogens with two attached hydrogens (primary N) is 1. The third-order valence-electron chi connectivity index (χ3n) is 2.01. The van der Waals surface area contributed by atoms with Crippen LogP contribution in [-0.2, 0) is 7.05 Å². The van der Waals surface area contributed by atoms with Crippen LogP contribution in [0.15, 0.2) is 24.5 Å². The largest absolute Gasteiger partial charge is 0.389 e. The topological polar surface area (TPSA) is 43.8 Å². The van der Waals surface area contributed by atoms with Crippen molar-refractivity contribution in [2.75, 3.05) is 0 Å². The van der Waals surface area contributed by atoms with E-state index >= 15 is 0 Å². The minimum atomic E-state index is 0.410. The Kier molecular flexibility index (Phi) is 1.77. The van der Waals surface area contributed by atoms with Crippen molar-refractivity contribution in [1.29, 1.82) is 0 Å². The number of hydrogen-bond acceptors (Lipinski definition) is 2. The van der Waals surface area contributed by atoms with Gasteiger partial charge in [-0.05, 0) is 18.2 Å². The fourth-order valence-electron chi connectivity index (χ4n) is 1.29. The Bertz CT molecular complexity index is 473. The van der Waals surface area contributed by atoms with Crippen LogP contribution < -0.4 is 5.73 Å². The van der Waals surface area contributed by atoms with Crippen LogP contribution in [0, 0.1) is 0 Å². The van der Waals surface area contributed by atoms with Gasteiger partial charge in [0.15, 0.2) is 0 Å². The molecule has 0 atom stereocenters. The normalized spacial score (nSPS) is 10.5. The van der Waals surface area contributed by atoms with Crippen molar-refractivity contribution in [2.45, 2.75) is 0 Å². The number of aryl methyl sites for hydroxylation is 1. The highest BCUT2D eigenvalue weighted by Gasteiger charge is 2.01. The first kappa shape index (κ1) is 8.19. The maximum atomic E-state index is 5.51. The lowest BCUT2D eigenvalue weighted by Crippen LogP contribution is -2.08. The zero-order valence-corrected chi connectivity index (χ0v) is 8.01. The number of fused-ring (bicyclic) bond motifs is 1. The highest BCUT2D eigenvalue weighted by molar-refractivity contribution is 7.80. The van der Waals surface area contributed by atoms with Crippen LogP contribution in [-0.4, -0.2) is 14.5 Å². The van der Waals surface area contributed by atoms with Crippen LogP contribution in [0.5, 0.6) is 0 Å². The van der Waals surface area contributed by atoms with Gasteiger partial charge in [0.2, 0.25) is 0 Å². The minimum Gasteiger partial charge on any atom is -0.389 e. The predicted octanol–water partition coefficient (Wildman–Crippen LogP) is 1.21. The Labute approximate surface area is 81.2 Å². The van der Waals surface area contributed by atoms with E-state index < -0.39 is 0 Å². The van der Waals surface area contributed by atoms with Gasteiger partial charge < -0.3 is 10.3 Å². The summed E-state index contributed by atoms with van der Waals surface area (Å²) in [5.74, 6) is 0. The zero-order valence-electron chi connectivity index (χ0n) is 7.19. The van der Waals surface area contributed by atoms with Gasteiger partial charge in [-0.3, -0.25) is 0 Å². The molecule has 2 aromatic rings. The first-order valence-electron chi connectivity index (χ1n) is 3.89. The van der Waals surface area contributed by atoms with Crippen molar-refractivity contribution in [3.63, 3.8) is 0 Å². The van der Waals surface area contributed by atoms with Gasteiger partial charge in [0.1, 0.15) is 4.99 Å². The van der Waals surface area contributed by atoms with E-state index in [0.29, 0.717) is 4.99 Å². The molecule has 1 aromatic carbocycles. The molecule has 0 aliphatic rings. The molecule has 0 bridgehead atoms. The van der Waals surface area contributed by atoms with E-state index in [2.05, 4.69) is 4.98 Å². The highest BCUT2D eigenvalue weighted by Crippen LogP contribution is 2.13. The molecular formula is C9H9N3S. The lowest BCUT2D eigenvalue weighted by Gasteiger charge is -1.98. The Morgan fingerprint density at radius 2 is 2.31 bits per heavy atom. The molecule has 1 aromatic heterocycles. The number of rotatable bonds is 1.